The average molecular weight is 523 g/mol. The summed E-state index contributed by atoms with van der Waals surface area (Å²) in [6.07, 6.45) is 8.70. The van der Waals surface area contributed by atoms with Crippen molar-refractivity contribution in [2.24, 2.45) is 5.92 Å². The molecule has 0 radical (unpaired) electrons. The highest BCUT2D eigenvalue weighted by atomic mass is 32.2. The van der Waals surface area contributed by atoms with Crippen LogP contribution in [0.1, 0.15) is 30.5 Å². The SMILES string of the molecule is C[C@@H]1CN([C@H](C)CO)S(=O)(=O)c2ccc(C=Cc3ccccc3)cc2O[C@H]1CN(C)Cc1cncnc1. The largest absolute Gasteiger partial charge is 0.487 e. The summed E-state index contributed by atoms with van der Waals surface area (Å²) in [4.78, 5) is 10.4. The number of sulfonamides is 1. The Balaban J connectivity index is 1.68. The molecule has 1 N–H and O–H groups in total. The number of aromatic nitrogens is 2. The van der Waals surface area contributed by atoms with Crippen molar-refractivity contribution >= 4 is 22.2 Å². The molecule has 0 unspecified atom stereocenters. The van der Waals surface area contributed by atoms with Gasteiger partial charge in [0.1, 0.15) is 23.1 Å². The number of benzene rings is 2. The van der Waals surface area contributed by atoms with Crippen LogP contribution >= 0.6 is 0 Å². The van der Waals surface area contributed by atoms with Gasteiger partial charge in [0, 0.05) is 49.6 Å². The summed E-state index contributed by atoms with van der Waals surface area (Å²) < 4.78 is 35.2. The van der Waals surface area contributed by atoms with Gasteiger partial charge in [0.05, 0.1) is 6.61 Å². The predicted molar refractivity (Wildman–Crippen MR) is 144 cm³/mol. The third kappa shape index (κ3) is 6.61. The van der Waals surface area contributed by atoms with Crippen molar-refractivity contribution in [3.63, 3.8) is 0 Å². The lowest BCUT2D eigenvalue weighted by Gasteiger charge is -2.37. The van der Waals surface area contributed by atoms with Crippen LogP contribution in [0.2, 0.25) is 0 Å². The van der Waals surface area contributed by atoms with Gasteiger partial charge in [-0.2, -0.15) is 4.31 Å². The van der Waals surface area contributed by atoms with Crippen LogP contribution in [0.4, 0.5) is 0 Å². The normalized spacial score (nSPS) is 20.7. The van der Waals surface area contributed by atoms with Gasteiger partial charge in [-0.25, -0.2) is 18.4 Å². The van der Waals surface area contributed by atoms with Crippen LogP contribution in [-0.4, -0.2) is 71.6 Å². The molecule has 3 atom stereocenters. The van der Waals surface area contributed by atoms with E-state index in [-0.39, 0.29) is 30.1 Å². The molecule has 37 heavy (non-hydrogen) atoms. The third-order valence-electron chi connectivity index (χ3n) is 6.52. The van der Waals surface area contributed by atoms with Crippen molar-refractivity contribution in [1.29, 1.82) is 0 Å². The molecule has 0 fully saturated rings. The van der Waals surface area contributed by atoms with Gasteiger partial charge < -0.3 is 9.84 Å². The molecule has 2 aromatic carbocycles. The van der Waals surface area contributed by atoms with Gasteiger partial charge >= 0.3 is 0 Å². The second-order valence-corrected chi connectivity index (χ2v) is 11.5. The molecule has 4 rings (SSSR count). The van der Waals surface area contributed by atoms with Gasteiger partial charge in [0.25, 0.3) is 0 Å². The number of ether oxygens (including phenoxy) is 1. The van der Waals surface area contributed by atoms with Crippen molar-refractivity contribution in [3.8, 4) is 5.75 Å². The van der Waals surface area contributed by atoms with Crippen molar-refractivity contribution in [3.05, 3.63) is 83.9 Å². The average Bonchev–Trinajstić information content (AvgIpc) is 2.90. The Morgan fingerprint density at radius 2 is 1.84 bits per heavy atom. The summed E-state index contributed by atoms with van der Waals surface area (Å²) in [6.45, 7) is 4.89. The Bertz CT molecular complexity index is 1300. The molecule has 0 spiro atoms. The highest BCUT2D eigenvalue weighted by Crippen LogP contribution is 2.34. The van der Waals surface area contributed by atoms with E-state index in [0.717, 1.165) is 16.7 Å². The Morgan fingerprint density at radius 1 is 1.14 bits per heavy atom. The molecule has 1 aliphatic rings. The molecule has 9 heteroatoms. The van der Waals surface area contributed by atoms with Crippen LogP contribution < -0.4 is 4.74 Å². The molecule has 0 aliphatic carbocycles. The Morgan fingerprint density at radius 3 is 2.54 bits per heavy atom. The second-order valence-electron chi connectivity index (χ2n) is 9.63. The van der Waals surface area contributed by atoms with Crippen LogP contribution in [0, 0.1) is 5.92 Å². The van der Waals surface area contributed by atoms with E-state index in [1.54, 1.807) is 37.5 Å². The molecular formula is C28H34N4O4S. The zero-order valence-electron chi connectivity index (χ0n) is 21.4. The van der Waals surface area contributed by atoms with Gasteiger partial charge in [-0.1, -0.05) is 55.5 Å². The lowest BCUT2D eigenvalue weighted by atomic mass is 10.0. The molecular weight excluding hydrogens is 488 g/mol. The smallest absolute Gasteiger partial charge is 0.247 e. The predicted octanol–water partition coefficient (Wildman–Crippen LogP) is 3.55. The molecule has 0 saturated carbocycles. The van der Waals surface area contributed by atoms with E-state index in [2.05, 4.69) is 14.9 Å². The first kappa shape index (κ1) is 26.9. The fourth-order valence-corrected chi connectivity index (χ4v) is 6.24. The summed E-state index contributed by atoms with van der Waals surface area (Å²) in [6, 6.07) is 14.5. The number of fused-ring (bicyclic) bond motifs is 1. The van der Waals surface area contributed by atoms with Gasteiger partial charge in [-0.05, 0) is 37.2 Å². The maximum Gasteiger partial charge on any atom is 0.247 e. The number of hydrogen-bond acceptors (Lipinski definition) is 7. The topological polar surface area (TPSA) is 95.9 Å². The fraction of sp³-hybridized carbons (Fsp3) is 0.357. The van der Waals surface area contributed by atoms with Crippen molar-refractivity contribution < 1.29 is 18.3 Å². The van der Waals surface area contributed by atoms with Crippen LogP contribution in [0.5, 0.6) is 5.75 Å². The van der Waals surface area contributed by atoms with E-state index in [9.17, 15) is 13.5 Å². The van der Waals surface area contributed by atoms with Gasteiger partial charge in [0.15, 0.2) is 0 Å². The molecule has 8 nitrogen and oxygen atoms in total. The summed E-state index contributed by atoms with van der Waals surface area (Å²) in [5, 5.41) is 9.85. The van der Waals surface area contributed by atoms with Crippen LogP contribution in [0.15, 0.2) is 72.1 Å². The quantitative estimate of drug-likeness (QED) is 0.452. The van der Waals surface area contributed by atoms with Gasteiger partial charge in [0.2, 0.25) is 10.0 Å². The van der Waals surface area contributed by atoms with Crippen LogP contribution in [0.25, 0.3) is 12.2 Å². The van der Waals surface area contributed by atoms with E-state index in [1.807, 2.05) is 56.5 Å². The van der Waals surface area contributed by atoms with Crippen molar-refractivity contribution in [1.82, 2.24) is 19.2 Å². The van der Waals surface area contributed by atoms with Crippen molar-refractivity contribution in [2.45, 2.75) is 37.4 Å². The Labute approximate surface area is 219 Å². The number of hydrogen-bond donors (Lipinski definition) is 1. The summed E-state index contributed by atoms with van der Waals surface area (Å²) in [5.74, 6) is 0.188. The first-order valence-corrected chi connectivity index (χ1v) is 13.8. The van der Waals surface area contributed by atoms with Crippen LogP contribution in [0.3, 0.4) is 0 Å². The number of aliphatic hydroxyl groups excluding tert-OH is 1. The Kier molecular flexibility index (Phi) is 8.71. The number of likely N-dealkylation sites (N-methyl/N-ethyl adjacent to an activating group) is 1. The first-order chi connectivity index (χ1) is 17.8. The zero-order valence-corrected chi connectivity index (χ0v) is 22.3. The van der Waals surface area contributed by atoms with E-state index < -0.39 is 16.1 Å². The second kappa shape index (κ2) is 12.0. The summed E-state index contributed by atoms with van der Waals surface area (Å²) in [7, 11) is -1.88. The fourth-order valence-electron chi connectivity index (χ4n) is 4.42. The van der Waals surface area contributed by atoms with Gasteiger partial charge in [-0.3, -0.25) is 4.90 Å². The van der Waals surface area contributed by atoms with Crippen molar-refractivity contribution in [2.75, 3.05) is 26.7 Å². The van der Waals surface area contributed by atoms with E-state index in [4.69, 9.17) is 4.74 Å². The molecule has 1 aromatic heterocycles. The zero-order chi connectivity index (χ0) is 26.4. The standard InChI is InChI=1S/C28H34N4O4S/c1-21-16-32(22(2)19-33)37(34,35)28-12-11-24(10-9-23-7-5-4-6-8-23)13-26(28)36-27(21)18-31(3)17-25-14-29-20-30-15-25/h4-15,20-22,27,33H,16-19H2,1-3H3/t21-,22-,27+/m1/s1. The van der Waals surface area contributed by atoms with E-state index in [0.29, 0.717) is 18.8 Å². The number of rotatable bonds is 8. The summed E-state index contributed by atoms with van der Waals surface area (Å²) >= 11 is 0. The molecule has 0 amide bonds. The maximum absolute atomic E-state index is 13.7. The molecule has 196 valence electrons. The highest BCUT2D eigenvalue weighted by Gasteiger charge is 2.38. The van der Waals surface area contributed by atoms with Gasteiger partial charge in [-0.15, -0.1) is 0 Å². The lowest BCUT2D eigenvalue weighted by molar-refractivity contribution is 0.0733. The molecule has 3 aromatic rings. The molecule has 0 bridgehead atoms. The minimum Gasteiger partial charge on any atom is -0.487 e. The van der Waals surface area contributed by atoms with E-state index >= 15 is 0 Å². The molecule has 0 saturated heterocycles. The lowest BCUT2D eigenvalue weighted by Crippen LogP contribution is -2.49. The number of aliphatic hydroxyl groups is 1. The first-order valence-electron chi connectivity index (χ1n) is 12.4. The third-order valence-corrected chi connectivity index (χ3v) is 8.54. The molecule has 2 heterocycles. The Hall–Kier alpha value is -3.11. The van der Waals surface area contributed by atoms with E-state index in [1.165, 1.54) is 10.6 Å². The minimum atomic E-state index is -3.88. The highest BCUT2D eigenvalue weighted by molar-refractivity contribution is 7.89. The minimum absolute atomic E-state index is 0.112. The summed E-state index contributed by atoms with van der Waals surface area (Å²) in [5.41, 5.74) is 2.86. The molecule has 1 aliphatic heterocycles. The van der Waals surface area contributed by atoms with Crippen LogP contribution in [-0.2, 0) is 16.6 Å². The maximum atomic E-state index is 13.7. The number of nitrogens with zero attached hydrogens (tertiary/aromatic N) is 4. The monoisotopic (exact) mass is 522 g/mol.